The highest BCUT2D eigenvalue weighted by atomic mass is 35.5. The monoisotopic (exact) mass is 408 g/mol. The van der Waals surface area contributed by atoms with E-state index < -0.39 is 17.6 Å². The molecule has 3 rings (SSSR count). The second-order valence-electron chi connectivity index (χ2n) is 6.90. The van der Waals surface area contributed by atoms with Crippen molar-refractivity contribution in [3.63, 3.8) is 0 Å². The summed E-state index contributed by atoms with van der Waals surface area (Å²) in [5.41, 5.74) is 0.967. The summed E-state index contributed by atoms with van der Waals surface area (Å²) < 4.78 is 0. The summed E-state index contributed by atoms with van der Waals surface area (Å²) in [6, 6.07) is 25.8. The van der Waals surface area contributed by atoms with Gasteiger partial charge in [-0.2, -0.15) is 0 Å². The summed E-state index contributed by atoms with van der Waals surface area (Å²) >= 11 is 6.09. The van der Waals surface area contributed by atoms with Crippen molar-refractivity contribution in [1.29, 1.82) is 0 Å². The maximum Gasteiger partial charge on any atom is 0.331 e. The fourth-order valence-corrected chi connectivity index (χ4v) is 3.64. The van der Waals surface area contributed by atoms with Gasteiger partial charge in [-0.1, -0.05) is 79.2 Å². The highest BCUT2D eigenvalue weighted by molar-refractivity contribution is 6.30. The van der Waals surface area contributed by atoms with Crippen LogP contribution in [0.25, 0.3) is 0 Å². The number of rotatable bonds is 9. The van der Waals surface area contributed by atoms with Crippen LogP contribution >= 0.6 is 11.6 Å². The van der Waals surface area contributed by atoms with E-state index >= 15 is 0 Å². The van der Waals surface area contributed by atoms with Crippen LogP contribution in [0.4, 0.5) is 5.69 Å². The second-order valence-corrected chi connectivity index (χ2v) is 7.34. The molecular weight excluding hydrogens is 384 g/mol. The van der Waals surface area contributed by atoms with Crippen molar-refractivity contribution in [2.75, 3.05) is 11.9 Å². The predicted octanol–water partition coefficient (Wildman–Crippen LogP) is 5.47. The van der Waals surface area contributed by atoms with Gasteiger partial charge < -0.3 is 10.4 Å². The second kappa shape index (κ2) is 9.59. The molecule has 3 aromatic carbocycles. The van der Waals surface area contributed by atoms with Gasteiger partial charge in [0, 0.05) is 10.7 Å². The molecule has 0 bridgehead atoms. The SMILES string of the molecule is CCCNC(C(=O)O)(c1ccc(Cl)cc1)C(Nc1ccccc1)c1ccccc1. The molecule has 0 aliphatic heterocycles. The Kier molecular flexibility index (Phi) is 6.91. The number of hydrogen-bond acceptors (Lipinski definition) is 3. The summed E-state index contributed by atoms with van der Waals surface area (Å²) in [5, 5.41) is 17.9. The van der Waals surface area contributed by atoms with Crippen molar-refractivity contribution in [2.24, 2.45) is 0 Å². The fraction of sp³-hybridized carbons (Fsp3) is 0.208. The number of hydrogen-bond donors (Lipinski definition) is 3. The van der Waals surface area contributed by atoms with Crippen LogP contribution in [0.15, 0.2) is 84.9 Å². The third-order valence-electron chi connectivity index (χ3n) is 4.94. The van der Waals surface area contributed by atoms with Gasteiger partial charge in [0.2, 0.25) is 0 Å². The lowest BCUT2D eigenvalue weighted by Crippen LogP contribution is -2.56. The van der Waals surface area contributed by atoms with E-state index in [1.807, 2.05) is 67.6 Å². The summed E-state index contributed by atoms with van der Waals surface area (Å²) in [6.45, 7) is 2.57. The zero-order valence-corrected chi connectivity index (χ0v) is 17.1. The molecule has 3 aromatic rings. The number of benzene rings is 3. The lowest BCUT2D eigenvalue weighted by atomic mass is 9.78. The molecular formula is C24H25ClN2O2. The van der Waals surface area contributed by atoms with Crippen molar-refractivity contribution < 1.29 is 9.90 Å². The average molecular weight is 409 g/mol. The van der Waals surface area contributed by atoms with Gasteiger partial charge in [0.15, 0.2) is 5.54 Å². The quantitative estimate of drug-likeness (QED) is 0.439. The third-order valence-corrected chi connectivity index (χ3v) is 5.19. The number of aliphatic carboxylic acids is 1. The van der Waals surface area contributed by atoms with Crippen LogP contribution in [-0.2, 0) is 10.3 Å². The largest absolute Gasteiger partial charge is 0.480 e. The molecule has 0 aromatic heterocycles. The van der Waals surface area contributed by atoms with Crippen LogP contribution in [0.2, 0.25) is 5.02 Å². The minimum atomic E-state index is -1.39. The van der Waals surface area contributed by atoms with Crippen molar-refractivity contribution >= 4 is 23.3 Å². The van der Waals surface area contributed by atoms with E-state index in [0.29, 0.717) is 17.1 Å². The van der Waals surface area contributed by atoms with E-state index in [2.05, 4.69) is 10.6 Å². The van der Waals surface area contributed by atoms with Gasteiger partial charge in [-0.05, 0) is 48.4 Å². The molecule has 0 aliphatic rings. The molecule has 3 N–H and O–H groups in total. The van der Waals surface area contributed by atoms with E-state index in [9.17, 15) is 9.90 Å². The van der Waals surface area contributed by atoms with Gasteiger partial charge in [-0.15, -0.1) is 0 Å². The standard InChI is InChI=1S/C24H25ClN2O2/c1-2-17-26-24(23(28)29,19-13-15-20(25)16-14-19)22(18-9-5-3-6-10-18)27-21-11-7-4-8-12-21/h3-16,22,26-27H,2,17H2,1H3,(H,28,29). The first kappa shape index (κ1) is 20.9. The molecule has 4 nitrogen and oxygen atoms in total. The molecule has 0 spiro atoms. The van der Waals surface area contributed by atoms with Crippen LogP contribution in [0, 0.1) is 0 Å². The van der Waals surface area contributed by atoms with Crippen LogP contribution in [-0.4, -0.2) is 17.6 Å². The zero-order chi connectivity index (χ0) is 20.7. The van der Waals surface area contributed by atoms with Crippen molar-refractivity contribution in [3.8, 4) is 0 Å². The molecule has 0 aliphatic carbocycles. The molecule has 2 atom stereocenters. The van der Waals surface area contributed by atoms with Crippen molar-refractivity contribution in [3.05, 3.63) is 101 Å². The number of halogens is 1. The molecule has 0 fully saturated rings. The number of carboxylic acids is 1. The Bertz CT molecular complexity index is 917. The lowest BCUT2D eigenvalue weighted by molar-refractivity contribution is -0.146. The first-order valence-corrected chi connectivity index (χ1v) is 10.1. The highest BCUT2D eigenvalue weighted by Gasteiger charge is 2.48. The Morgan fingerprint density at radius 3 is 2.10 bits per heavy atom. The summed E-state index contributed by atoms with van der Waals surface area (Å²) in [6.07, 6.45) is 0.801. The van der Waals surface area contributed by atoms with Gasteiger partial charge in [0.25, 0.3) is 0 Å². The Morgan fingerprint density at radius 1 is 0.966 bits per heavy atom. The number of para-hydroxylation sites is 1. The number of carboxylic acid groups (broad SMARTS) is 1. The number of carbonyl (C=O) groups is 1. The van der Waals surface area contributed by atoms with Crippen LogP contribution < -0.4 is 10.6 Å². The van der Waals surface area contributed by atoms with Gasteiger partial charge in [0.05, 0.1) is 6.04 Å². The minimum absolute atomic E-state index is 0.550. The Morgan fingerprint density at radius 2 is 1.55 bits per heavy atom. The first-order valence-electron chi connectivity index (χ1n) is 9.69. The molecule has 0 heterocycles. The van der Waals surface area contributed by atoms with E-state index in [4.69, 9.17) is 11.6 Å². The van der Waals surface area contributed by atoms with Gasteiger partial charge in [-0.3, -0.25) is 5.32 Å². The van der Waals surface area contributed by atoms with Crippen LogP contribution in [0.1, 0.15) is 30.5 Å². The molecule has 2 unspecified atom stereocenters. The van der Waals surface area contributed by atoms with E-state index in [1.165, 1.54) is 0 Å². The summed E-state index contributed by atoms with van der Waals surface area (Å²) in [5.74, 6) is -0.953. The Hall–Kier alpha value is -2.82. The maximum atomic E-state index is 12.9. The zero-order valence-electron chi connectivity index (χ0n) is 16.3. The first-order chi connectivity index (χ1) is 14.1. The van der Waals surface area contributed by atoms with Crippen LogP contribution in [0.3, 0.4) is 0 Å². The maximum absolute atomic E-state index is 12.9. The summed E-state index contributed by atoms with van der Waals surface area (Å²) in [4.78, 5) is 12.9. The van der Waals surface area contributed by atoms with Gasteiger partial charge in [0.1, 0.15) is 0 Å². The van der Waals surface area contributed by atoms with Gasteiger partial charge in [-0.25, -0.2) is 4.79 Å². The minimum Gasteiger partial charge on any atom is -0.480 e. The Labute approximate surface area is 176 Å². The molecule has 150 valence electrons. The van der Waals surface area contributed by atoms with Crippen LogP contribution in [0.5, 0.6) is 0 Å². The fourth-order valence-electron chi connectivity index (χ4n) is 3.52. The molecule has 29 heavy (non-hydrogen) atoms. The molecule has 5 heteroatoms. The normalized spacial score (nSPS) is 14.0. The topological polar surface area (TPSA) is 61.4 Å². The molecule has 0 radical (unpaired) electrons. The third kappa shape index (κ3) is 4.61. The number of anilines is 1. The lowest BCUT2D eigenvalue weighted by Gasteiger charge is -2.40. The van der Waals surface area contributed by atoms with Crippen molar-refractivity contribution in [2.45, 2.75) is 24.9 Å². The molecule has 0 saturated heterocycles. The highest BCUT2D eigenvalue weighted by Crippen LogP contribution is 2.39. The molecule has 0 saturated carbocycles. The average Bonchev–Trinajstić information content (AvgIpc) is 2.75. The van der Waals surface area contributed by atoms with E-state index in [0.717, 1.165) is 17.7 Å². The van der Waals surface area contributed by atoms with E-state index in [1.54, 1.807) is 24.3 Å². The Balaban J connectivity index is 2.20. The predicted molar refractivity (Wildman–Crippen MR) is 118 cm³/mol. The smallest absolute Gasteiger partial charge is 0.331 e. The van der Waals surface area contributed by atoms with Gasteiger partial charge >= 0.3 is 5.97 Å². The number of nitrogens with one attached hydrogen (secondary N) is 2. The molecule has 0 amide bonds. The summed E-state index contributed by atoms with van der Waals surface area (Å²) in [7, 11) is 0. The van der Waals surface area contributed by atoms with Crippen molar-refractivity contribution in [1.82, 2.24) is 5.32 Å². The van der Waals surface area contributed by atoms with E-state index in [-0.39, 0.29) is 0 Å².